The monoisotopic (exact) mass is 472 g/mol. The Morgan fingerprint density at radius 2 is 1.52 bits per heavy atom. The summed E-state index contributed by atoms with van der Waals surface area (Å²) in [5.74, 6) is -3.41. The van der Waals surface area contributed by atoms with Crippen LogP contribution in [-0.4, -0.2) is 14.2 Å². The van der Waals surface area contributed by atoms with Crippen LogP contribution in [0.2, 0.25) is 5.02 Å². The molecule has 1 saturated carbocycles. The Morgan fingerprint density at radius 3 is 2.04 bits per heavy atom. The quantitative estimate of drug-likeness (QED) is 0.502. The van der Waals surface area contributed by atoms with Gasteiger partial charge in [0.15, 0.2) is 0 Å². The first-order chi connectivity index (χ1) is 12.7. The van der Waals surface area contributed by atoms with Crippen LogP contribution in [0.5, 0.6) is 0 Å². The number of benzene rings is 2. The Balaban J connectivity index is 1.76. The van der Waals surface area contributed by atoms with Crippen molar-refractivity contribution in [1.29, 1.82) is 0 Å². The van der Waals surface area contributed by atoms with Gasteiger partial charge in [0.1, 0.15) is 0 Å². The largest absolute Gasteiger partial charge is 0.341 e. The second kappa shape index (κ2) is 6.68. The van der Waals surface area contributed by atoms with Crippen LogP contribution in [0.3, 0.4) is 0 Å². The molecule has 0 aromatic heterocycles. The molecule has 0 radical (unpaired) electrons. The fourth-order valence-corrected chi connectivity index (χ4v) is 4.89. The normalized spacial score (nSPS) is 18.6. The minimum Gasteiger partial charge on any atom is -0.218 e. The van der Waals surface area contributed by atoms with Crippen molar-refractivity contribution in [2.45, 2.75) is 36.3 Å². The lowest BCUT2D eigenvalue weighted by atomic mass is 9.97. The molecule has 0 N–H and O–H groups in total. The van der Waals surface area contributed by atoms with Crippen LogP contribution in [0.4, 0.5) is 8.78 Å². The zero-order chi connectivity index (χ0) is 19.4. The van der Waals surface area contributed by atoms with Gasteiger partial charge in [0, 0.05) is 4.47 Å². The summed E-state index contributed by atoms with van der Waals surface area (Å²) in [6.45, 7) is 0. The van der Waals surface area contributed by atoms with Crippen LogP contribution in [-0.2, 0) is 9.84 Å². The third-order valence-corrected chi connectivity index (χ3v) is 8.09. The highest BCUT2D eigenvalue weighted by atomic mass is 79.9. The fourth-order valence-electron chi connectivity index (χ4n) is 3.74. The van der Waals surface area contributed by atoms with Gasteiger partial charge in [0.2, 0.25) is 9.84 Å². The molecule has 2 aliphatic rings. The number of halogens is 4. The van der Waals surface area contributed by atoms with Crippen molar-refractivity contribution >= 4 is 48.5 Å². The molecular weight excluding hydrogens is 458 g/mol. The van der Waals surface area contributed by atoms with E-state index in [0.29, 0.717) is 5.02 Å². The predicted molar refractivity (Wildman–Crippen MR) is 106 cm³/mol. The maximum absolute atomic E-state index is 12.7. The average Bonchev–Trinajstić information content (AvgIpc) is 3.28. The standard InChI is InChI=1S/C20H16BrClF2O2S/c21-17-6-3-13(9-18(17)22)16-11-20(7-8-20)10-15(16)12-1-4-14(5-2-12)27(25,26)19(23)24/h1-6,9,19H,7-8,10-11H2. The Morgan fingerprint density at radius 1 is 0.963 bits per heavy atom. The van der Waals surface area contributed by atoms with Crippen molar-refractivity contribution in [2.24, 2.45) is 5.41 Å². The van der Waals surface area contributed by atoms with Gasteiger partial charge in [-0.15, -0.1) is 0 Å². The first kappa shape index (κ1) is 19.1. The van der Waals surface area contributed by atoms with Crippen molar-refractivity contribution in [3.63, 3.8) is 0 Å². The van der Waals surface area contributed by atoms with Crippen LogP contribution in [0.1, 0.15) is 36.8 Å². The molecule has 0 saturated heterocycles. The molecule has 27 heavy (non-hydrogen) atoms. The molecule has 4 rings (SSSR count). The third-order valence-electron chi connectivity index (χ3n) is 5.46. The lowest BCUT2D eigenvalue weighted by Crippen LogP contribution is -2.11. The van der Waals surface area contributed by atoms with Crippen molar-refractivity contribution in [1.82, 2.24) is 0 Å². The van der Waals surface area contributed by atoms with Crippen LogP contribution in [0, 0.1) is 5.41 Å². The van der Waals surface area contributed by atoms with Gasteiger partial charge in [-0.25, -0.2) is 8.42 Å². The molecule has 142 valence electrons. The van der Waals surface area contributed by atoms with Gasteiger partial charge in [-0.2, -0.15) is 8.78 Å². The zero-order valence-electron chi connectivity index (χ0n) is 14.2. The van der Waals surface area contributed by atoms with E-state index in [2.05, 4.69) is 15.9 Å². The van der Waals surface area contributed by atoms with E-state index in [1.165, 1.54) is 30.5 Å². The molecule has 2 aromatic carbocycles. The Labute approximate surface area is 170 Å². The summed E-state index contributed by atoms with van der Waals surface area (Å²) < 4.78 is 49.6. The fraction of sp³-hybridized carbons (Fsp3) is 0.300. The SMILES string of the molecule is O=S(=O)(c1ccc(C2=C(c3ccc(Br)c(Cl)c3)CC3(CC3)C2)cc1)C(F)F. The van der Waals surface area contributed by atoms with Gasteiger partial charge in [-0.1, -0.05) is 29.8 Å². The van der Waals surface area contributed by atoms with Gasteiger partial charge in [-0.3, -0.25) is 0 Å². The molecule has 0 aliphatic heterocycles. The molecule has 2 aromatic rings. The highest BCUT2D eigenvalue weighted by Gasteiger charge is 2.48. The third kappa shape index (κ3) is 3.47. The maximum atomic E-state index is 12.7. The van der Waals surface area contributed by atoms with E-state index in [1.807, 2.05) is 18.2 Å². The second-order valence-corrected chi connectivity index (χ2v) is 10.4. The Kier molecular flexibility index (Phi) is 4.72. The van der Waals surface area contributed by atoms with Crippen molar-refractivity contribution < 1.29 is 17.2 Å². The van der Waals surface area contributed by atoms with E-state index in [9.17, 15) is 17.2 Å². The van der Waals surface area contributed by atoms with Crippen molar-refractivity contribution in [2.75, 3.05) is 0 Å². The molecule has 2 aliphatic carbocycles. The van der Waals surface area contributed by atoms with E-state index in [1.54, 1.807) is 12.1 Å². The molecule has 0 bridgehead atoms. The van der Waals surface area contributed by atoms with Crippen molar-refractivity contribution in [3.05, 3.63) is 63.1 Å². The topological polar surface area (TPSA) is 34.1 Å². The smallest absolute Gasteiger partial charge is 0.218 e. The highest BCUT2D eigenvalue weighted by Crippen LogP contribution is 2.63. The van der Waals surface area contributed by atoms with Gasteiger partial charge in [-0.05, 0) is 93.6 Å². The number of alkyl halides is 2. The van der Waals surface area contributed by atoms with E-state index in [0.717, 1.165) is 34.0 Å². The number of hydrogen-bond acceptors (Lipinski definition) is 2. The lowest BCUT2D eigenvalue weighted by Gasteiger charge is -2.10. The molecule has 0 heterocycles. The second-order valence-electron chi connectivity index (χ2n) is 7.27. The zero-order valence-corrected chi connectivity index (χ0v) is 17.3. The summed E-state index contributed by atoms with van der Waals surface area (Å²) in [5.41, 5.74) is 4.56. The van der Waals surface area contributed by atoms with Gasteiger partial charge >= 0.3 is 5.76 Å². The molecule has 7 heteroatoms. The summed E-state index contributed by atoms with van der Waals surface area (Å²) in [7, 11) is -4.58. The Hall–Kier alpha value is -1.24. The lowest BCUT2D eigenvalue weighted by molar-refractivity contribution is 0.234. The van der Waals surface area contributed by atoms with Crippen LogP contribution < -0.4 is 0 Å². The number of rotatable bonds is 4. The van der Waals surface area contributed by atoms with Gasteiger partial charge in [0.25, 0.3) is 0 Å². The first-order valence-electron chi connectivity index (χ1n) is 8.52. The molecule has 0 atom stereocenters. The Bertz CT molecular complexity index is 1040. The molecule has 1 spiro atoms. The molecule has 1 fully saturated rings. The predicted octanol–water partition coefficient (Wildman–Crippen LogP) is 6.58. The molecular formula is C20H16BrClF2O2S. The van der Waals surface area contributed by atoms with Gasteiger partial charge in [0.05, 0.1) is 9.92 Å². The van der Waals surface area contributed by atoms with Gasteiger partial charge < -0.3 is 0 Å². The summed E-state index contributed by atoms with van der Waals surface area (Å²) in [4.78, 5) is -0.353. The average molecular weight is 474 g/mol. The van der Waals surface area contributed by atoms with E-state index >= 15 is 0 Å². The summed E-state index contributed by atoms with van der Waals surface area (Å²) in [5, 5.41) is 0.634. The van der Waals surface area contributed by atoms with Crippen LogP contribution in [0.25, 0.3) is 11.1 Å². The molecule has 2 nitrogen and oxygen atoms in total. The van der Waals surface area contributed by atoms with Crippen LogP contribution in [0.15, 0.2) is 51.8 Å². The summed E-state index contributed by atoms with van der Waals surface area (Å²) >= 11 is 9.67. The minimum atomic E-state index is -4.58. The van der Waals surface area contributed by atoms with Crippen molar-refractivity contribution in [3.8, 4) is 0 Å². The first-order valence-corrected chi connectivity index (χ1v) is 11.2. The number of hydrogen-bond donors (Lipinski definition) is 0. The maximum Gasteiger partial charge on any atom is 0.341 e. The molecule has 0 amide bonds. The van der Waals surface area contributed by atoms with Crippen LogP contribution >= 0.6 is 27.5 Å². The minimum absolute atomic E-state index is 0.290. The highest BCUT2D eigenvalue weighted by molar-refractivity contribution is 9.10. The number of sulfone groups is 1. The summed E-state index contributed by atoms with van der Waals surface area (Å²) in [6, 6.07) is 11.7. The van der Waals surface area contributed by atoms with E-state index in [4.69, 9.17) is 11.6 Å². The summed E-state index contributed by atoms with van der Waals surface area (Å²) in [6.07, 6.45) is 4.21. The van der Waals surface area contributed by atoms with E-state index < -0.39 is 15.6 Å². The van der Waals surface area contributed by atoms with E-state index in [-0.39, 0.29) is 10.3 Å². The number of allylic oxidation sites excluding steroid dienone is 2. The molecule has 0 unspecified atom stereocenters.